The van der Waals surface area contributed by atoms with Crippen LogP contribution >= 0.6 is 0 Å². The minimum atomic E-state index is -0.249. The largest absolute Gasteiger partial charge is 0.394 e. The van der Waals surface area contributed by atoms with Crippen molar-refractivity contribution in [1.29, 1.82) is 0 Å². The summed E-state index contributed by atoms with van der Waals surface area (Å²) in [5, 5.41) is 19.1. The zero-order chi connectivity index (χ0) is 15.4. The lowest BCUT2D eigenvalue weighted by Crippen LogP contribution is -2.34. The highest BCUT2D eigenvalue weighted by Crippen LogP contribution is 2.29. The van der Waals surface area contributed by atoms with E-state index in [0.29, 0.717) is 12.2 Å². The Kier molecular flexibility index (Phi) is 4.34. The van der Waals surface area contributed by atoms with E-state index in [1.54, 1.807) is 30.7 Å². The summed E-state index contributed by atoms with van der Waals surface area (Å²) >= 11 is 0. The number of nitrogens with zero attached hydrogens (tertiary/aromatic N) is 3. The Morgan fingerprint density at radius 3 is 3.14 bits per heavy atom. The number of anilines is 1. The Morgan fingerprint density at radius 2 is 2.36 bits per heavy atom. The van der Waals surface area contributed by atoms with E-state index in [-0.39, 0.29) is 18.7 Å². The number of hydrogen-bond donors (Lipinski definition) is 3. The molecule has 1 aliphatic carbocycles. The third-order valence-corrected chi connectivity index (χ3v) is 3.80. The number of fused-ring (bicyclic) bond motifs is 1. The first-order valence-corrected chi connectivity index (χ1v) is 7.41. The molecule has 0 saturated heterocycles. The third-order valence-electron chi connectivity index (χ3n) is 3.80. The van der Waals surface area contributed by atoms with Gasteiger partial charge >= 0.3 is 6.03 Å². The van der Waals surface area contributed by atoms with Gasteiger partial charge in [-0.25, -0.2) is 4.79 Å². The fraction of sp³-hybridized carbons (Fsp3) is 0.400. The summed E-state index contributed by atoms with van der Waals surface area (Å²) < 4.78 is 1.82. The van der Waals surface area contributed by atoms with Crippen LogP contribution in [-0.2, 0) is 13.0 Å². The second kappa shape index (κ2) is 6.57. The van der Waals surface area contributed by atoms with E-state index in [4.69, 9.17) is 5.11 Å². The van der Waals surface area contributed by atoms with Crippen LogP contribution in [0.25, 0.3) is 0 Å². The normalized spacial score (nSPS) is 16.9. The first-order valence-electron chi connectivity index (χ1n) is 7.41. The third kappa shape index (κ3) is 3.09. The summed E-state index contributed by atoms with van der Waals surface area (Å²) in [4.78, 5) is 16.1. The van der Waals surface area contributed by atoms with Crippen molar-refractivity contribution < 1.29 is 9.90 Å². The van der Waals surface area contributed by atoms with Gasteiger partial charge in [0.2, 0.25) is 0 Å². The summed E-state index contributed by atoms with van der Waals surface area (Å²) in [5.74, 6) is 0. The number of nitrogens with one attached hydrogen (secondary N) is 2. The molecule has 0 bridgehead atoms. The fourth-order valence-corrected chi connectivity index (χ4v) is 2.82. The summed E-state index contributed by atoms with van der Waals surface area (Å²) in [5.41, 5.74) is 2.81. The van der Waals surface area contributed by atoms with Gasteiger partial charge in [-0.2, -0.15) is 5.10 Å². The zero-order valence-electron chi connectivity index (χ0n) is 12.2. The number of rotatable bonds is 4. The number of carbonyl (C=O) groups is 1. The molecule has 1 atom stereocenters. The molecule has 3 rings (SSSR count). The second-order valence-corrected chi connectivity index (χ2v) is 5.28. The second-order valence-electron chi connectivity index (χ2n) is 5.28. The van der Waals surface area contributed by atoms with Gasteiger partial charge in [0.15, 0.2) is 0 Å². The number of aliphatic hydroxyl groups excluding tert-OH is 1. The SMILES string of the molecule is O=C(Nc1cccnc1)N[C@H]1CCCc2c1cnn2CCO. The van der Waals surface area contributed by atoms with E-state index >= 15 is 0 Å². The van der Waals surface area contributed by atoms with E-state index in [2.05, 4.69) is 20.7 Å². The van der Waals surface area contributed by atoms with Gasteiger partial charge in [-0.15, -0.1) is 0 Å². The first-order chi connectivity index (χ1) is 10.8. The van der Waals surface area contributed by atoms with Crippen LogP contribution < -0.4 is 10.6 Å². The Bertz CT molecular complexity index is 641. The van der Waals surface area contributed by atoms with Crippen LogP contribution in [0.4, 0.5) is 10.5 Å². The highest BCUT2D eigenvalue weighted by Gasteiger charge is 2.25. The van der Waals surface area contributed by atoms with E-state index in [0.717, 1.165) is 30.5 Å². The predicted octanol–water partition coefficient (Wildman–Crippen LogP) is 1.47. The number of pyridine rings is 1. The summed E-state index contributed by atoms with van der Waals surface area (Å²) in [7, 11) is 0. The van der Waals surface area contributed by atoms with Crippen LogP contribution in [-0.4, -0.2) is 32.5 Å². The highest BCUT2D eigenvalue weighted by atomic mass is 16.3. The van der Waals surface area contributed by atoms with Gasteiger partial charge in [-0.05, 0) is 31.4 Å². The number of aliphatic hydroxyl groups is 1. The average molecular weight is 301 g/mol. The Hall–Kier alpha value is -2.41. The Morgan fingerprint density at radius 1 is 1.45 bits per heavy atom. The predicted molar refractivity (Wildman–Crippen MR) is 81.4 cm³/mol. The standard InChI is InChI=1S/C15H19N5O2/c21-8-7-20-14-5-1-4-13(12(14)10-17-20)19-15(22)18-11-3-2-6-16-9-11/h2-3,6,9-10,13,21H,1,4-5,7-8H2,(H2,18,19,22)/t13-/m0/s1. The molecule has 7 heteroatoms. The van der Waals surface area contributed by atoms with Gasteiger partial charge in [0.05, 0.1) is 37.3 Å². The minimum Gasteiger partial charge on any atom is -0.394 e. The van der Waals surface area contributed by atoms with E-state index in [9.17, 15) is 4.79 Å². The van der Waals surface area contributed by atoms with Gasteiger partial charge in [0, 0.05) is 17.5 Å². The molecule has 1 aliphatic rings. The van der Waals surface area contributed by atoms with Gasteiger partial charge in [-0.3, -0.25) is 9.67 Å². The van der Waals surface area contributed by atoms with E-state index in [1.807, 2.05) is 4.68 Å². The number of carbonyl (C=O) groups excluding carboxylic acids is 1. The lowest BCUT2D eigenvalue weighted by molar-refractivity contribution is 0.246. The number of urea groups is 1. The molecule has 2 amide bonds. The molecule has 0 aromatic carbocycles. The first kappa shape index (κ1) is 14.5. The Balaban J connectivity index is 1.68. The van der Waals surface area contributed by atoms with Crippen molar-refractivity contribution in [3.05, 3.63) is 42.0 Å². The van der Waals surface area contributed by atoms with Crippen LogP contribution in [0.3, 0.4) is 0 Å². The topological polar surface area (TPSA) is 92.1 Å². The van der Waals surface area contributed by atoms with Crippen molar-refractivity contribution >= 4 is 11.7 Å². The zero-order valence-corrected chi connectivity index (χ0v) is 12.2. The molecule has 3 N–H and O–H groups in total. The molecule has 22 heavy (non-hydrogen) atoms. The lowest BCUT2D eigenvalue weighted by atomic mass is 9.93. The molecular formula is C15H19N5O2. The van der Waals surface area contributed by atoms with Gasteiger partial charge in [0.25, 0.3) is 0 Å². The highest BCUT2D eigenvalue weighted by molar-refractivity contribution is 5.89. The molecular weight excluding hydrogens is 282 g/mol. The van der Waals surface area contributed by atoms with Crippen LogP contribution in [0, 0.1) is 0 Å². The molecule has 0 fully saturated rings. The van der Waals surface area contributed by atoms with Crippen molar-refractivity contribution in [2.45, 2.75) is 31.8 Å². The molecule has 0 saturated carbocycles. The van der Waals surface area contributed by atoms with Crippen molar-refractivity contribution in [3.63, 3.8) is 0 Å². The molecule has 0 aliphatic heterocycles. The number of amides is 2. The summed E-state index contributed by atoms with van der Waals surface area (Å²) in [6.07, 6.45) is 7.86. The van der Waals surface area contributed by atoms with Crippen molar-refractivity contribution in [3.8, 4) is 0 Å². The number of aromatic nitrogens is 3. The molecule has 2 heterocycles. The van der Waals surface area contributed by atoms with Crippen LogP contribution in [0.15, 0.2) is 30.7 Å². The lowest BCUT2D eigenvalue weighted by Gasteiger charge is -2.24. The quantitative estimate of drug-likeness (QED) is 0.797. The smallest absolute Gasteiger partial charge is 0.319 e. The minimum absolute atomic E-state index is 0.0483. The Labute approximate surface area is 128 Å². The molecule has 0 spiro atoms. The average Bonchev–Trinajstić information content (AvgIpc) is 2.93. The molecule has 0 radical (unpaired) electrons. The molecule has 0 unspecified atom stereocenters. The van der Waals surface area contributed by atoms with Crippen molar-refractivity contribution in [2.75, 3.05) is 11.9 Å². The van der Waals surface area contributed by atoms with Crippen molar-refractivity contribution in [2.24, 2.45) is 0 Å². The van der Waals surface area contributed by atoms with Crippen LogP contribution in [0.2, 0.25) is 0 Å². The van der Waals surface area contributed by atoms with Gasteiger partial charge < -0.3 is 15.7 Å². The fourth-order valence-electron chi connectivity index (χ4n) is 2.82. The van der Waals surface area contributed by atoms with Gasteiger partial charge in [0.1, 0.15) is 0 Å². The van der Waals surface area contributed by atoms with E-state index in [1.165, 1.54) is 0 Å². The molecule has 116 valence electrons. The monoisotopic (exact) mass is 301 g/mol. The van der Waals surface area contributed by atoms with Gasteiger partial charge in [-0.1, -0.05) is 0 Å². The summed E-state index contributed by atoms with van der Waals surface area (Å²) in [6, 6.07) is 3.26. The molecule has 7 nitrogen and oxygen atoms in total. The maximum absolute atomic E-state index is 12.1. The van der Waals surface area contributed by atoms with Crippen LogP contribution in [0.1, 0.15) is 30.1 Å². The van der Waals surface area contributed by atoms with Crippen molar-refractivity contribution in [1.82, 2.24) is 20.1 Å². The maximum Gasteiger partial charge on any atom is 0.319 e. The maximum atomic E-state index is 12.1. The molecule has 2 aromatic heterocycles. The molecule has 2 aromatic rings. The number of hydrogen-bond acceptors (Lipinski definition) is 4. The van der Waals surface area contributed by atoms with E-state index < -0.39 is 0 Å². The summed E-state index contributed by atoms with van der Waals surface area (Å²) in [6.45, 7) is 0.553. The van der Waals surface area contributed by atoms with Crippen LogP contribution in [0.5, 0.6) is 0 Å².